The van der Waals surface area contributed by atoms with Gasteiger partial charge in [-0.2, -0.15) is 0 Å². The summed E-state index contributed by atoms with van der Waals surface area (Å²) in [5, 5.41) is 0. The Hall–Kier alpha value is -2.40. The number of pyridine rings is 1. The van der Waals surface area contributed by atoms with Crippen LogP contribution in [0.15, 0.2) is 48.8 Å². The molecule has 0 radical (unpaired) electrons. The van der Waals surface area contributed by atoms with Crippen LogP contribution < -0.4 is 4.74 Å². The Labute approximate surface area is 135 Å². The van der Waals surface area contributed by atoms with Crippen molar-refractivity contribution >= 4 is 5.91 Å². The largest absolute Gasteiger partial charge is 0.457 e. The molecule has 1 aliphatic rings. The van der Waals surface area contributed by atoms with Crippen molar-refractivity contribution in [2.24, 2.45) is 0 Å². The number of nitrogens with zero attached hydrogens (tertiary/aromatic N) is 2. The lowest BCUT2D eigenvalue weighted by atomic mass is 10.1. The minimum absolute atomic E-state index is 0.0271. The van der Waals surface area contributed by atoms with Gasteiger partial charge in [0, 0.05) is 38.2 Å². The summed E-state index contributed by atoms with van der Waals surface area (Å²) < 4.78 is 11.3. The van der Waals surface area contributed by atoms with Crippen molar-refractivity contribution < 1.29 is 14.3 Å². The van der Waals surface area contributed by atoms with E-state index in [1.54, 1.807) is 48.6 Å². The van der Waals surface area contributed by atoms with Crippen LogP contribution in [0.5, 0.6) is 11.5 Å². The van der Waals surface area contributed by atoms with Gasteiger partial charge in [0.2, 0.25) is 0 Å². The molecule has 1 aromatic heterocycles. The zero-order valence-corrected chi connectivity index (χ0v) is 13.1. The highest BCUT2D eigenvalue weighted by molar-refractivity contribution is 5.94. The van der Waals surface area contributed by atoms with Crippen LogP contribution in [0.3, 0.4) is 0 Å². The minimum Gasteiger partial charge on any atom is -0.457 e. The summed E-state index contributed by atoms with van der Waals surface area (Å²) in [6.45, 7) is 1.41. The molecule has 2 heterocycles. The van der Waals surface area contributed by atoms with Crippen LogP contribution in [0, 0.1) is 0 Å². The van der Waals surface area contributed by atoms with Crippen molar-refractivity contribution in [1.29, 1.82) is 0 Å². The van der Waals surface area contributed by atoms with Gasteiger partial charge in [-0.1, -0.05) is 6.07 Å². The van der Waals surface area contributed by atoms with E-state index >= 15 is 0 Å². The number of likely N-dealkylation sites (N-methyl/N-ethyl adjacent to an activating group) is 1. The van der Waals surface area contributed by atoms with Gasteiger partial charge in [0.15, 0.2) is 0 Å². The number of ether oxygens (including phenoxy) is 2. The lowest BCUT2D eigenvalue weighted by molar-refractivity contribution is 0.0587. The van der Waals surface area contributed by atoms with E-state index in [2.05, 4.69) is 4.98 Å². The molecule has 1 aliphatic heterocycles. The van der Waals surface area contributed by atoms with Crippen molar-refractivity contribution in [1.82, 2.24) is 9.88 Å². The van der Waals surface area contributed by atoms with E-state index in [1.807, 2.05) is 12.1 Å². The molecular weight excluding hydrogens is 292 g/mol. The highest BCUT2D eigenvalue weighted by atomic mass is 16.5. The molecule has 0 N–H and O–H groups in total. The first-order valence-corrected chi connectivity index (χ1v) is 7.77. The van der Waals surface area contributed by atoms with Gasteiger partial charge in [0.25, 0.3) is 5.91 Å². The summed E-state index contributed by atoms with van der Waals surface area (Å²) >= 11 is 0. The standard InChI is InChI=1S/C18H20N2O3/c1-20(13-17-6-3-11-22-17)18(21)14-4-2-5-16(12-14)23-15-7-9-19-10-8-15/h2,4-5,7-10,12,17H,3,6,11,13H2,1H3. The number of amides is 1. The first kappa shape index (κ1) is 15.5. The molecule has 1 amide bonds. The summed E-state index contributed by atoms with van der Waals surface area (Å²) in [5.74, 6) is 1.30. The summed E-state index contributed by atoms with van der Waals surface area (Å²) in [6.07, 6.45) is 5.57. The summed E-state index contributed by atoms with van der Waals surface area (Å²) in [6, 6.07) is 10.8. The molecule has 1 saturated heterocycles. The monoisotopic (exact) mass is 312 g/mol. The van der Waals surface area contributed by atoms with E-state index in [4.69, 9.17) is 9.47 Å². The third kappa shape index (κ3) is 4.07. The molecule has 1 aromatic carbocycles. The molecule has 3 rings (SSSR count). The molecule has 120 valence electrons. The quantitative estimate of drug-likeness (QED) is 0.851. The SMILES string of the molecule is CN(CC1CCCO1)C(=O)c1cccc(Oc2ccncc2)c1. The Balaban J connectivity index is 1.67. The molecule has 0 aliphatic carbocycles. The molecule has 0 saturated carbocycles. The Bertz CT molecular complexity index is 654. The number of benzene rings is 1. The molecule has 1 fully saturated rings. The number of hydrogen-bond acceptors (Lipinski definition) is 4. The summed E-state index contributed by atoms with van der Waals surface area (Å²) in [4.78, 5) is 18.2. The average molecular weight is 312 g/mol. The molecule has 0 bridgehead atoms. The maximum absolute atomic E-state index is 12.5. The highest BCUT2D eigenvalue weighted by Gasteiger charge is 2.21. The third-order valence-electron chi connectivity index (χ3n) is 3.81. The molecule has 2 aromatic rings. The topological polar surface area (TPSA) is 51.7 Å². The lowest BCUT2D eigenvalue weighted by Crippen LogP contribution is -2.34. The Kier molecular flexibility index (Phi) is 4.88. The fraction of sp³-hybridized carbons (Fsp3) is 0.333. The van der Waals surface area contributed by atoms with Crippen LogP contribution in [-0.2, 0) is 4.74 Å². The minimum atomic E-state index is -0.0271. The Morgan fingerprint density at radius 3 is 2.87 bits per heavy atom. The Morgan fingerprint density at radius 2 is 2.13 bits per heavy atom. The fourth-order valence-electron chi connectivity index (χ4n) is 2.63. The second kappa shape index (κ2) is 7.24. The van der Waals surface area contributed by atoms with Gasteiger partial charge in [0.05, 0.1) is 6.10 Å². The molecule has 23 heavy (non-hydrogen) atoms. The van der Waals surface area contributed by atoms with Gasteiger partial charge in [-0.3, -0.25) is 9.78 Å². The molecule has 5 nitrogen and oxygen atoms in total. The Morgan fingerprint density at radius 1 is 1.30 bits per heavy atom. The van der Waals surface area contributed by atoms with Gasteiger partial charge in [-0.15, -0.1) is 0 Å². The van der Waals surface area contributed by atoms with E-state index in [-0.39, 0.29) is 12.0 Å². The van der Waals surface area contributed by atoms with Crippen LogP contribution >= 0.6 is 0 Å². The van der Waals surface area contributed by atoms with Gasteiger partial charge in [-0.25, -0.2) is 0 Å². The number of rotatable bonds is 5. The van der Waals surface area contributed by atoms with Crippen LogP contribution in [0.1, 0.15) is 23.2 Å². The molecule has 5 heteroatoms. The van der Waals surface area contributed by atoms with Crippen molar-refractivity contribution in [3.05, 3.63) is 54.4 Å². The average Bonchev–Trinajstić information content (AvgIpc) is 3.08. The molecule has 0 spiro atoms. The normalized spacial score (nSPS) is 17.0. The smallest absolute Gasteiger partial charge is 0.253 e. The van der Waals surface area contributed by atoms with Crippen LogP contribution in [-0.4, -0.2) is 42.1 Å². The third-order valence-corrected chi connectivity index (χ3v) is 3.81. The zero-order chi connectivity index (χ0) is 16.1. The maximum atomic E-state index is 12.5. The predicted octanol–water partition coefficient (Wildman–Crippen LogP) is 3.12. The number of carbonyl (C=O) groups is 1. The van der Waals surface area contributed by atoms with Gasteiger partial charge in [0.1, 0.15) is 11.5 Å². The molecule has 1 atom stereocenters. The number of hydrogen-bond donors (Lipinski definition) is 0. The van der Waals surface area contributed by atoms with Gasteiger partial charge < -0.3 is 14.4 Å². The van der Waals surface area contributed by atoms with Gasteiger partial charge in [-0.05, 0) is 43.2 Å². The molecular formula is C18H20N2O3. The van der Waals surface area contributed by atoms with E-state index in [9.17, 15) is 4.79 Å². The van der Waals surface area contributed by atoms with Crippen LogP contribution in [0.4, 0.5) is 0 Å². The van der Waals surface area contributed by atoms with E-state index in [1.165, 1.54) is 0 Å². The predicted molar refractivity (Wildman–Crippen MR) is 86.7 cm³/mol. The fourth-order valence-corrected chi connectivity index (χ4v) is 2.63. The van der Waals surface area contributed by atoms with Gasteiger partial charge >= 0.3 is 0 Å². The second-order valence-electron chi connectivity index (χ2n) is 5.63. The lowest BCUT2D eigenvalue weighted by Gasteiger charge is -2.21. The van der Waals surface area contributed by atoms with Crippen molar-refractivity contribution in [3.63, 3.8) is 0 Å². The summed E-state index contributed by atoms with van der Waals surface area (Å²) in [5.41, 5.74) is 0.608. The highest BCUT2D eigenvalue weighted by Crippen LogP contribution is 2.22. The summed E-state index contributed by atoms with van der Waals surface area (Å²) in [7, 11) is 1.81. The number of aromatic nitrogens is 1. The van der Waals surface area contributed by atoms with Crippen molar-refractivity contribution in [3.8, 4) is 11.5 Å². The van der Waals surface area contributed by atoms with Crippen LogP contribution in [0.25, 0.3) is 0 Å². The van der Waals surface area contributed by atoms with Crippen LogP contribution in [0.2, 0.25) is 0 Å². The van der Waals surface area contributed by atoms with E-state index in [0.29, 0.717) is 23.6 Å². The zero-order valence-electron chi connectivity index (χ0n) is 13.1. The van der Waals surface area contributed by atoms with Crippen molar-refractivity contribution in [2.45, 2.75) is 18.9 Å². The number of carbonyl (C=O) groups excluding carboxylic acids is 1. The van der Waals surface area contributed by atoms with Crippen molar-refractivity contribution in [2.75, 3.05) is 20.2 Å². The molecule has 1 unspecified atom stereocenters. The second-order valence-corrected chi connectivity index (χ2v) is 5.63. The maximum Gasteiger partial charge on any atom is 0.253 e. The first-order valence-electron chi connectivity index (χ1n) is 7.77. The van der Waals surface area contributed by atoms with E-state index in [0.717, 1.165) is 19.4 Å². The first-order chi connectivity index (χ1) is 11.2. The van der Waals surface area contributed by atoms with E-state index < -0.39 is 0 Å².